The second kappa shape index (κ2) is 6.05. The zero-order chi connectivity index (χ0) is 13.1. The van der Waals surface area contributed by atoms with Crippen LogP contribution in [0.5, 0.6) is 0 Å². The maximum atomic E-state index is 6.29. The fourth-order valence-corrected chi connectivity index (χ4v) is 3.20. The molecule has 2 rings (SSSR count). The number of nitrogens with one attached hydrogen (secondary N) is 1. The molecule has 1 aromatic carbocycles. The van der Waals surface area contributed by atoms with E-state index in [1.54, 1.807) is 0 Å². The normalized spacial score (nSPS) is 24.9. The second-order valence-corrected chi connectivity index (χ2v) is 5.73. The summed E-state index contributed by atoms with van der Waals surface area (Å²) in [5.41, 5.74) is 1.23. The Hall–Kier alpha value is -0.570. The molecule has 1 aliphatic carbocycles. The molecular weight excluding hydrogens is 244 g/mol. The summed E-state index contributed by atoms with van der Waals surface area (Å²) in [4.78, 5) is 2.48. The van der Waals surface area contributed by atoms with Crippen molar-refractivity contribution in [3.05, 3.63) is 34.9 Å². The molecule has 1 aromatic rings. The van der Waals surface area contributed by atoms with Gasteiger partial charge >= 0.3 is 0 Å². The minimum absolute atomic E-state index is 0.378. The van der Waals surface area contributed by atoms with Crippen molar-refractivity contribution in [3.8, 4) is 0 Å². The lowest BCUT2D eigenvalue weighted by Crippen LogP contribution is -2.49. The summed E-state index contributed by atoms with van der Waals surface area (Å²) < 4.78 is 0. The van der Waals surface area contributed by atoms with Crippen LogP contribution in [0.2, 0.25) is 5.02 Å². The van der Waals surface area contributed by atoms with E-state index in [4.69, 9.17) is 11.6 Å². The first-order valence-electron chi connectivity index (χ1n) is 6.76. The highest BCUT2D eigenvalue weighted by molar-refractivity contribution is 6.31. The summed E-state index contributed by atoms with van der Waals surface area (Å²) in [6.45, 7) is 3.36. The average molecular weight is 267 g/mol. The number of halogens is 1. The molecule has 1 N–H and O–H groups in total. The zero-order valence-corrected chi connectivity index (χ0v) is 12.2. The molecule has 0 spiro atoms. The first-order valence-corrected chi connectivity index (χ1v) is 7.14. The molecule has 1 saturated carbocycles. The molecule has 2 nitrogen and oxygen atoms in total. The highest BCUT2D eigenvalue weighted by Gasteiger charge is 2.35. The Labute approximate surface area is 115 Å². The summed E-state index contributed by atoms with van der Waals surface area (Å²) in [5, 5.41) is 4.17. The summed E-state index contributed by atoms with van der Waals surface area (Å²) in [6, 6.07) is 9.23. The molecule has 0 saturated heterocycles. The standard InChI is InChI=1S/C15H23ClN2/c1-11(13-6-4-5-7-14(13)16)18(3)15-9-8-12(15)10-17-2/h4-7,11-12,15,17H,8-10H2,1-3H3. The van der Waals surface area contributed by atoms with Crippen LogP contribution in [0.25, 0.3) is 0 Å². The third-order valence-corrected chi connectivity index (χ3v) is 4.68. The van der Waals surface area contributed by atoms with Gasteiger partial charge < -0.3 is 5.32 Å². The van der Waals surface area contributed by atoms with Gasteiger partial charge in [0.25, 0.3) is 0 Å². The number of rotatable bonds is 5. The lowest BCUT2D eigenvalue weighted by atomic mass is 9.78. The molecule has 100 valence electrons. The summed E-state index contributed by atoms with van der Waals surface area (Å²) in [5.74, 6) is 0.782. The molecule has 0 bridgehead atoms. The van der Waals surface area contributed by atoms with Crippen LogP contribution in [-0.4, -0.2) is 31.6 Å². The van der Waals surface area contributed by atoms with Gasteiger partial charge in [-0.2, -0.15) is 0 Å². The largest absolute Gasteiger partial charge is 0.319 e. The fourth-order valence-electron chi connectivity index (χ4n) is 2.91. The van der Waals surface area contributed by atoms with Gasteiger partial charge in [0.2, 0.25) is 0 Å². The Bertz CT molecular complexity index is 394. The van der Waals surface area contributed by atoms with Gasteiger partial charge in [-0.25, -0.2) is 0 Å². The first kappa shape index (κ1) is 13.9. The zero-order valence-electron chi connectivity index (χ0n) is 11.5. The highest BCUT2D eigenvalue weighted by Crippen LogP contribution is 2.36. The number of hydrogen-bond acceptors (Lipinski definition) is 2. The van der Waals surface area contributed by atoms with Gasteiger partial charge in [-0.3, -0.25) is 4.90 Å². The SMILES string of the molecule is CNCC1CCC1N(C)C(C)c1ccccc1Cl. The molecule has 3 atom stereocenters. The van der Waals surface area contributed by atoms with Gasteiger partial charge in [-0.1, -0.05) is 29.8 Å². The van der Waals surface area contributed by atoms with E-state index in [0.29, 0.717) is 12.1 Å². The summed E-state index contributed by atoms with van der Waals surface area (Å²) >= 11 is 6.29. The predicted molar refractivity (Wildman–Crippen MR) is 78.1 cm³/mol. The van der Waals surface area contributed by atoms with Crippen molar-refractivity contribution in [3.63, 3.8) is 0 Å². The summed E-state index contributed by atoms with van der Waals surface area (Å²) in [7, 11) is 4.26. The third kappa shape index (κ3) is 2.71. The van der Waals surface area contributed by atoms with E-state index < -0.39 is 0 Å². The third-order valence-electron chi connectivity index (χ3n) is 4.33. The van der Waals surface area contributed by atoms with Crippen molar-refractivity contribution >= 4 is 11.6 Å². The molecule has 1 fully saturated rings. The van der Waals surface area contributed by atoms with Crippen LogP contribution in [0, 0.1) is 5.92 Å². The van der Waals surface area contributed by atoms with E-state index in [1.807, 2.05) is 19.2 Å². The van der Waals surface area contributed by atoms with Crippen molar-refractivity contribution in [2.75, 3.05) is 20.6 Å². The quantitative estimate of drug-likeness (QED) is 0.880. The Kier molecular flexibility index (Phi) is 4.66. The van der Waals surface area contributed by atoms with Gasteiger partial charge in [-0.15, -0.1) is 0 Å². The molecular formula is C15H23ClN2. The maximum absolute atomic E-state index is 6.29. The van der Waals surface area contributed by atoms with Crippen molar-refractivity contribution in [2.45, 2.75) is 31.8 Å². The highest BCUT2D eigenvalue weighted by atomic mass is 35.5. The van der Waals surface area contributed by atoms with Crippen LogP contribution in [0.4, 0.5) is 0 Å². The monoisotopic (exact) mass is 266 g/mol. The van der Waals surface area contributed by atoms with Crippen LogP contribution < -0.4 is 5.32 Å². The number of benzene rings is 1. The smallest absolute Gasteiger partial charge is 0.0453 e. The van der Waals surface area contributed by atoms with Gasteiger partial charge in [-0.05, 0) is 58.0 Å². The van der Waals surface area contributed by atoms with Crippen LogP contribution in [0.3, 0.4) is 0 Å². The minimum Gasteiger partial charge on any atom is -0.319 e. The van der Waals surface area contributed by atoms with Gasteiger partial charge in [0.05, 0.1) is 0 Å². The number of nitrogens with zero attached hydrogens (tertiary/aromatic N) is 1. The molecule has 0 radical (unpaired) electrons. The van der Waals surface area contributed by atoms with E-state index in [0.717, 1.165) is 17.5 Å². The van der Waals surface area contributed by atoms with Crippen molar-refractivity contribution in [2.24, 2.45) is 5.92 Å². The van der Waals surface area contributed by atoms with E-state index in [9.17, 15) is 0 Å². The van der Waals surface area contributed by atoms with E-state index in [-0.39, 0.29) is 0 Å². The van der Waals surface area contributed by atoms with Crippen LogP contribution in [0.1, 0.15) is 31.4 Å². The van der Waals surface area contributed by atoms with Crippen LogP contribution >= 0.6 is 11.6 Å². The predicted octanol–water partition coefficient (Wildman–Crippen LogP) is 3.33. The second-order valence-electron chi connectivity index (χ2n) is 5.33. The molecule has 18 heavy (non-hydrogen) atoms. The lowest BCUT2D eigenvalue weighted by Gasteiger charge is -2.45. The van der Waals surface area contributed by atoms with Gasteiger partial charge in [0.1, 0.15) is 0 Å². The molecule has 0 aromatic heterocycles. The molecule has 1 aliphatic rings. The molecule has 3 heteroatoms. The molecule has 0 amide bonds. The van der Waals surface area contributed by atoms with Crippen LogP contribution in [0.15, 0.2) is 24.3 Å². The Morgan fingerprint density at radius 2 is 2.11 bits per heavy atom. The Morgan fingerprint density at radius 3 is 2.67 bits per heavy atom. The van der Waals surface area contributed by atoms with Gasteiger partial charge in [0, 0.05) is 17.1 Å². The fraction of sp³-hybridized carbons (Fsp3) is 0.600. The molecule has 3 unspecified atom stereocenters. The van der Waals surface area contributed by atoms with Crippen molar-refractivity contribution in [1.29, 1.82) is 0 Å². The lowest BCUT2D eigenvalue weighted by molar-refractivity contribution is 0.0559. The van der Waals surface area contributed by atoms with E-state index >= 15 is 0 Å². The molecule has 0 aliphatic heterocycles. The Morgan fingerprint density at radius 1 is 1.39 bits per heavy atom. The first-order chi connectivity index (χ1) is 8.65. The van der Waals surface area contributed by atoms with E-state index in [1.165, 1.54) is 18.4 Å². The van der Waals surface area contributed by atoms with Crippen molar-refractivity contribution in [1.82, 2.24) is 10.2 Å². The molecule has 0 heterocycles. The topological polar surface area (TPSA) is 15.3 Å². The Balaban J connectivity index is 2.05. The van der Waals surface area contributed by atoms with Crippen LogP contribution in [-0.2, 0) is 0 Å². The minimum atomic E-state index is 0.378. The van der Waals surface area contributed by atoms with Gasteiger partial charge in [0.15, 0.2) is 0 Å². The average Bonchev–Trinajstić information content (AvgIpc) is 2.34. The van der Waals surface area contributed by atoms with Crippen molar-refractivity contribution < 1.29 is 0 Å². The van der Waals surface area contributed by atoms with E-state index in [2.05, 4.69) is 36.3 Å². The maximum Gasteiger partial charge on any atom is 0.0453 e. The number of hydrogen-bond donors (Lipinski definition) is 1. The summed E-state index contributed by atoms with van der Waals surface area (Å²) in [6.07, 6.45) is 2.64.